The first kappa shape index (κ1) is 20.1. The van der Waals surface area contributed by atoms with Gasteiger partial charge in [0, 0.05) is 18.5 Å². The first-order valence-corrected chi connectivity index (χ1v) is 10.6. The summed E-state index contributed by atoms with van der Waals surface area (Å²) in [5.41, 5.74) is 3.73. The van der Waals surface area contributed by atoms with Crippen molar-refractivity contribution in [3.8, 4) is 5.75 Å². The summed E-state index contributed by atoms with van der Waals surface area (Å²) in [6.45, 7) is 2.23. The quantitative estimate of drug-likeness (QED) is 0.457. The summed E-state index contributed by atoms with van der Waals surface area (Å²) in [6, 6.07) is 15.6. The molecule has 1 aliphatic rings. The van der Waals surface area contributed by atoms with E-state index in [0.29, 0.717) is 35.6 Å². The molecule has 3 aromatic rings. The van der Waals surface area contributed by atoms with E-state index in [9.17, 15) is 9.59 Å². The van der Waals surface area contributed by atoms with Gasteiger partial charge >= 0.3 is 5.97 Å². The number of hydrogen-bond acceptors (Lipinski definition) is 6. The second kappa shape index (κ2) is 9.09. The zero-order valence-corrected chi connectivity index (χ0v) is 17.5. The van der Waals surface area contributed by atoms with Crippen LogP contribution in [0, 0.1) is 6.92 Å². The fourth-order valence-electron chi connectivity index (χ4n) is 3.30. The number of nitrogens with one attached hydrogen (secondary N) is 1. The summed E-state index contributed by atoms with van der Waals surface area (Å²) < 4.78 is 11.1. The van der Waals surface area contributed by atoms with Crippen LogP contribution >= 0.6 is 11.3 Å². The highest BCUT2D eigenvalue weighted by atomic mass is 32.1. The third kappa shape index (κ3) is 4.86. The Morgan fingerprint density at radius 1 is 1.13 bits per heavy atom. The molecule has 0 bridgehead atoms. The van der Waals surface area contributed by atoms with Crippen molar-refractivity contribution in [2.75, 3.05) is 18.5 Å². The lowest BCUT2D eigenvalue weighted by molar-refractivity contribution is -0.116. The minimum Gasteiger partial charge on any atom is -0.490 e. The summed E-state index contributed by atoms with van der Waals surface area (Å²) in [4.78, 5) is 28.9. The van der Waals surface area contributed by atoms with Crippen molar-refractivity contribution in [1.82, 2.24) is 4.98 Å². The lowest BCUT2D eigenvalue weighted by atomic mass is 10.0. The van der Waals surface area contributed by atoms with Crippen molar-refractivity contribution in [1.29, 1.82) is 0 Å². The van der Waals surface area contributed by atoms with Crippen molar-refractivity contribution in [3.05, 3.63) is 75.2 Å². The number of nitrogens with zero attached hydrogens (tertiary/aromatic N) is 1. The van der Waals surface area contributed by atoms with Crippen LogP contribution in [0.4, 0.5) is 5.69 Å². The van der Waals surface area contributed by atoms with Gasteiger partial charge in [-0.3, -0.25) is 4.79 Å². The molecule has 6 nitrogen and oxygen atoms in total. The van der Waals surface area contributed by atoms with Crippen molar-refractivity contribution >= 4 is 28.9 Å². The Hall–Kier alpha value is -3.19. The lowest BCUT2D eigenvalue weighted by Crippen LogP contribution is -2.19. The lowest BCUT2D eigenvalue weighted by Gasteiger charge is -2.17. The number of ether oxygens (including phenoxy) is 2. The van der Waals surface area contributed by atoms with Gasteiger partial charge in [0.05, 0.1) is 10.7 Å². The van der Waals surface area contributed by atoms with Crippen molar-refractivity contribution < 1.29 is 19.1 Å². The molecular formula is C23H22N2O4S. The molecule has 0 atom stereocenters. The van der Waals surface area contributed by atoms with Crippen molar-refractivity contribution in [2.24, 2.45) is 0 Å². The average molecular weight is 423 g/mol. The van der Waals surface area contributed by atoms with E-state index in [0.717, 1.165) is 21.8 Å². The van der Waals surface area contributed by atoms with Gasteiger partial charge in [-0.05, 0) is 42.7 Å². The third-order valence-electron chi connectivity index (χ3n) is 4.78. The standard InChI is InChI=1S/C23H22N2O4S/c1-15-22(30-21(24-15)13-16-5-3-2-4-6-16)23(27)29-12-11-28-18-8-9-19-17(14-18)7-10-20(26)25-19/h2-6,8-9,14H,7,10-13H2,1H3,(H,25,26). The van der Waals surface area contributed by atoms with Gasteiger partial charge in [-0.1, -0.05) is 30.3 Å². The van der Waals surface area contributed by atoms with Crippen LogP contribution < -0.4 is 10.1 Å². The molecule has 0 saturated heterocycles. The highest BCUT2D eigenvalue weighted by Gasteiger charge is 2.17. The fraction of sp³-hybridized carbons (Fsp3) is 0.261. The number of rotatable bonds is 7. The van der Waals surface area contributed by atoms with Crippen LogP contribution in [0.3, 0.4) is 0 Å². The van der Waals surface area contributed by atoms with E-state index < -0.39 is 0 Å². The molecule has 30 heavy (non-hydrogen) atoms. The van der Waals surface area contributed by atoms with Gasteiger partial charge in [0.1, 0.15) is 23.8 Å². The molecule has 0 aliphatic carbocycles. The Kier molecular flexibility index (Phi) is 6.09. The first-order chi connectivity index (χ1) is 14.6. The highest BCUT2D eigenvalue weighted by Crippen LogP contribution is 2.27. The molecule has 1 N–H and O–H groups in total. The van der Waals surface area contributed by atoms with Crippen LogP contribution in [-0.4, -0.2) is 30.1 Å². The Morgan fingerprint density at radius 2 is 1.97 bits per heavy atom. The Morgan fingerprint density at radius 3 is 2.80 bits per heavy atom. The highest BCUT2D eigenvalue weighted by molar-refractivity contribution is 7.13. The van der Waals surface area contributed by atoms with Gasteiger partial charge < -0.3 is 14.8 Å². The zero-order chi connectivity index (χ0) is 20.9. The number of thiazole rings is 1. The normalized spacial score (nSPS) is 12.8. The molecule has 0 fully saturated rings. The van der Waals surface area contributed by atoms with Crippen LogP contribution in [0.5, 0.6) is 5.75 Å². The number of carbonyl (C=O) groups is 2. The van der Waals surface area contributed by atoms with Gasteiger partial charge in [0.25, 0.3) is 0 Å². The summed E-state index contributed by atoms with van der Waals surface area (Å²) in [5.74, 6) is 0.356. The number of anilines is 1. The number of aromatic nitrogens is 1. The van der Waals surface area contributed by atoms with Gasteiger partial charge in [0.2, 0.25) is 5.91 Å². The zero-order valence-electron chi connectivity index (χ0n) is 16.6. The molecule has 1 aliphatic heterocycles. The van der Waals surface area contributed by atoms with Crippen LogP contribution in [0.25, 0.3) is 0 Å². The number of amides is 1. The predicted molar refractivity (Wildman–Crippen MR) is 115 cm³/mol. The van der Waals surface area contributed by atoms with E-state index in [4.69, 9.17) is 9.47 Å². The van der Waals surface area contributed by atoms with Gasteiger partial charge in [-0.2, -0.15) is 0 Å². The van der Waals surface area contributed by atoms with Crippen LogP contribution in [0.15, 0.2) is 48.5 Å². The first-order valence-electron chi connectivity index (χ1n) is 9.81. The Balaban J connectivity index is 1.27. The Labute approximate surface area is 178 Å². The number of benzene rings is 2. The minimum absolute atomic E-state index is 0.0355. The maximum atomic E-state index is 12.4. The number of aryl methyl sites for hydroxylation is 2. The van der Waals surface area contributed by atoms with Crippen molar-refractivity contribution in [3.63, 3.8) is 0 Å². The molecule has 0 unspecified atom stereocenters. The van der Waals surface area contributed by atoms with E-state index in [1.54, 1.807) is 6.07 Å². The maximum Gasteiger partial charge on any atom is 0.350 e. The molecule has 0 saturated carbocycles. The number of carbonyl (C=O) groups excluding carboxylic acids is 2. The summed E-state index contributed by atoms with van der Waals surface area (Å²) in [5, 5.41) is 3.73. The monoisotopic (exact) mass is 422 g/mol. The molecule has 7 heteroatoms. The second-order valence-corrected chi connectivity index (χ2v) is 8.12. The molecule has 1 amide bonds. The van der Waals surface area contributed by atoms with E-state index >= 15 is 0 Å². The maximum absolute atomic E-state index is 12.4. The predicted octanol–water partition coefficient (Wildman–Crippen LogP) is 4.16. The number of esters is 1. The minimum atomic E-state index is -0.374. The molecule has 2 heterocycles. The van der Waals surface area contributed by atoms with Crippen molar-refractivity contribution in [2.45, 2.75) is 26.2 Å². The van der Waals surface area contributed by atoms with Crippen LogP contribution in [0.2, 0.25) is 0 Å². The molecular weight excluding hydrogens is 400 g/mol. The number of fused-ring (bicyclic) bond motifs is 1. The van der Waals surface area contributed by atoms with E-state index in [-0.39, 0.29) is 25.1 Å². The molecule has 2 aromatic carbocycles. The van der Waals surface area contributed by atoms with Crippen LogP contribution in [-0.2, 0) is 22.4 Å². The second-order valence-electron chi connectivity index (χ2n) is 7.04. The SMILES string of the molecule is Cc1nc(Cc2ccccc2)sc1C(=O)OCCOc1ccc2c(c1)CCC(=O)N2. The Bertz CT molecular complexity index is 1060. The molecule has 154 valence electrons. The van der Waals surface area contributed by atoms with E-state index in [2.05, 4.69) is 10.3 Å². The van der Waals surface area contributed by atoms with Gasteiger partial charge in [-0.15, -0.1) is 11.3 Å². The summed E-state index contributed by atoms with van der Waals surface area (Å²) >= 11 is 1.37. The largest absolute Gasteiger partial charge is 0.490 e. The summed E-state index contributed by atoms with van der Waals surface area (Å²) in [7, 11) is 0. The fourth-order valence-corrected chi connectivity index (χ4v) is 4.29. The van der Waals surface area contributed by atoms with E-state index in [1.807, 2.05) is 49.4 Å². The molecule has 0 spiro atoms. The molecule has 4 rings (SSSR count). The molecule has 1 aromatic heterocycles. The molecule has 0 radical (unpaired) electrons. The number of hydrogen-bond donors (Lipinski definition) is 1. The topological polar surface area (TPSA) is 77.5 Å². The average Bonchev–Trinajstić information content (AvgIpc) is 3.12. The van der Waals surface area contributed by atoms with Gasteiger partial charge in [-0.25, -0.2) is 9.78 Å². The van der Waals surface area contributed by atoms with E-state index in [1.165, 1.54) is 11.3 Å². The smallest absolute Gasteiger partial charge is 0.350 e. The third-order valence-corrected chi connectivity index (χ3v) is 5.92. The summed E-state index contributed by atoms with van der Waals surface area (Å²) in [6.07, 6.45) is 1.87. The van der Waals surface area contributed by atoms with Gasteiger partial charge in [0.15, 0.2) is 0 Å². The van der Waals surface area contributed by atoms with Crippen LogP contribution in [0.1, 0.15) is 37.9 Å².